The summed E-state index contributed by atoms with van der Waals surface area (Å²) in [6, 6.07) is 2.91. The third kappa shape index (κ3) is 3.66. The first-order valence-corrected chi connectivity index (χ1v) is 5.69. The molecule has 1 atom stereocenters. The van der Waals surface area contributed by atoms with Crippen LogP contribution < -0.4 is 15.8 Å². The van der Waals surface area contributed by atoms with Crippen molar-refractivity contribution in [3.63, 3.8) is 0 Å². The van der Waals surface area contributed by atoms with Gasteiger partial charge in [-0.3, -0.25) is 0 Å². The van der Waals surface area contributed by atoms with E-state index in [-0.39, 0.29) is 11.8 Å². The number of nitrogens with one attached hydrogen (secondary N) is 1. The molecule has 1 unspecified atom stereocenters. The minimum absolute atomic E-state index is 0.0572. The molecule has 0 aliphatic carbocycles. The average Bonchev–Trinajstić information content (AvgIpc) is 2.30. The van der Waals surface area contributed by atoms with Crippen molar-refractivity contribution in [3.8, 4) is 5.75 Å². The molecule has 0 fully saturated rings. The smallest absolute Gasteiger partial charge is 0.167 e. The predicted octanol–water partition coefficient (Wildman–Crippen LogP) is 3.18. The van der Waals surface area contributed by atoms with Crippen molar-refractivity contribution >= 4 is 11.4 Å². The molecule has 0 amide bonds. The maximum Gasteiger partial charge on any atom is 0.167 e. The number of nitrogen functional groups attached to an aromatic ring is 1. The normalized spacial score (nSPS) is 11.9. The number of ether oxygens (including phenoxy) is 1. The summed E-state index contributed by atoms with van der Waals surface area (Å²) in [7, 11) is 0. The van der Waals surface area contributed by atoms with Gasteiger partial charge in [0.05, 0.1) is 18.0 Å². The molecule has 3 nitrogen and oxygen atoms in total. The van der Waals surface area contributed by atoms with Crippen LogP contribution in [-0.4, -0.2) is 12.6 Å². The molecule has 1 aromatic carbocycles. The Morgan fingerprint density at radius 3 is 2.88 bits per heavy atom. The van der Waals surface area contributed by atoms with Crippen LogP contribution in [0.3, 0.4) is 0 Å². The van der Waals surface area contributed by atoms with Gasteiger partial charge in [0.25, 0.3) is 0 Å². The van der Waals surface area contributed by atoms with Gasteiger partial charge in [-0.2, -0.15) is 0 Å². The molecule has 0 spiro atoms. The van der Waals surface area contributed by atoms with Gasteiger partial charge in [0.15, 0.2) is 11.6 Å². The third-order valence-electron chi connectivity index (χ3n) is 2.30. The molecular formula is C13H19FN2O. The molecule has 0 aliphatic heterocycles. The molecule has 4 heteroatoms. The molecule has 0 bridgehead atoms. The first kappa shape index (κ1) is 13.4. The molecule has 0 radical (unpaired) electrons. The lowest BCUT2D eigenvalue weighted by Gasteiger charge is -2.15. The van der Waals surface area contributed by atoms with Crippen LogP contribution in [0.5, 0.6) is 5.75 Å². The summed E-state index contributed by atoms with van der Waals surface area (Å²) in [6.45, 7) is 8.05. The van der Waals surface area contributed by atoms with Gasteiger partial charge >= 0.3 is 0 Å². The molecule has 1 rings (SSSR count). The number of nitrogens with two attached hydrogens (primary N) is 1. The Morgan fingerprint density at radius 1 is 1.59 bits per heavy atom. The number of halogens is 1. The van der Waals surface area contributed by atoms with Crippen LogP contribution in [0.1, 0.15) is 20.3 Å². The van der Waals surface area contributed by atoms with Crippen LogP contribution in [0.4, 0.5) is 15.8 Å². The SMILES string of the molecule is C=CC(C)Nc1cc(OCCC)c(F)cc1N. The van der Waals surface area contributed by atoms with Crippen molar-refractivity contribution in [1.82, 2.24) is 0 Å². The standard InChI is InChI=1S/C13H19FN2O/c1-4-6-17-13-8-12(16-9(3)5-2)11(15)7-10(13)14/h5,7-9,16H,2,4,6,15H2,1,3H3. The van der Waals surface area contributed by atoms with E-state index in [4.69, 9.17) is 10.5 Å². The highest BCUT2D eigenvalue weighted by Crippen LogP contribution is 2.28. The Kier molecular flexibility index (Phi) is 4.82. The number of rotatable bonds is 6. The quantitative estimate of drug-likeness (QED) is 0.591. The lowest BCUT2D eigenvalue weighted by Crippen LogP contribution is -2.13. The van der Waals surface area contributed by atoms with E-state index in [0.717, 1.165) is 6.42 Å². The van der Waals surface area contributed by atoms with Crippen molar-refractivity contribution in [3.05, 3.63) is 30.6 Å². The maximum atomic E-state index is 13.5. The second-order valence-corrected chi connectivity index (χ2v) is 3.89. The van der Waals surface area contributed by atoms with Gasteiger partial charge in [0.1, 0.15) is 0 Å². The topological polar surface area (TPSA) is 47.3 Å². The molecule has 0 saturated heterocycles. The van der Waals surface area contributed by atoms with Crippen molar-refractivity contribution in [2.75, 3.05) is 17.7 Å². The lowest BCUT2D eigenvalue weighted by atomic mass is 10.2. The molecule has 17 heavy (non-hydrogen) atoms. The first-order valence-electron chi connectivity index (χ1n) is 5.69. The van der Waals surface area contributed by atoms with Crippen LogP contribution in [-0.2, 0) is 0 Å². The monoisotopic (exact) mass is 238 g/mol. The van der Waals surface area contributed by atoms with Crippen LogP contribution in [0.15, 0.2) is 24.8 Å². The van der Waals surface area contributed by atoms with E-state index in [0.29, 0.717) is 18.0 Å². The van der Waals surface area contributed by atoms with E-state index in [2.05, 4.69) is 11.9 Å². The van der Waals surface area contributed by atoms with Crippen LogP contribution in [0.2, 0.25) is 0 Å². The highest BCUT2D eigenvalue weighted by Gasteiger charge is 2.10. The van der Waals surface area contributed by atoms with Crippen molar-refractivity contribution < 1.29 is 9.13 Å². The summed E-state index contributed by atoms with van der Waals surface area (Å²) >= 11 is 0. The van der Waals surface area contributed by atoms with Crippen LogP contribution in [0, 0.1) is 5.82 Å². The summed E-state index contributed by atoms with van der Waals surface area (Å²) in [4.78, 5) is 0. The highest BCUT2D eigenvalue weighted by molar-refractivity contribution is 5.69. The Morgan fingerprint density at radius 2 is 2.29 bits per heavy atom. The van der Waals surface area contributed by atoms with Crippen molar-refractivity contribution in [2.24, 2.45) is 0 Å². The largest absolute Gasteiger partial charge is 0.490 e. The zero-order valence-electron chi connectivity index (χ0n) is 10.3. The second kappa shape index (κ2) is 6.13. The van der Waals surface area contributed by atoms with Gasteiger partial charge in [0, 0.05) is 18.2 Å². The van der Waals surface area contributed by atoms with Gasteiger partial charge in [0.2, 0.25) is 0 Å². The van der Waals surface area contributed by atoms with Crippen molar-refractivity contribution in [1.29, 1.82) is 0 Å². The summed E-state index contributed by atoms with van der Waals surface area (Å²) in [5.74, 6) is -0.215. The zero-order chi connectivity index (χ0) is 12.8. The Balaban J connectivity index is 2.92. The molecule has 1 aromatic rings. The number of benzene rings is 1. The minimum Gasteiger partial charge on any atom is -0.490 e. The molecular weight excluding hydrogens is 219 g/mol. The van der Waals surface area contributed by atoms with Gasteiger partial charge in [-0.25, -0.2) is 4.39 Å². The molecule has 3 N–H and O–H groups in total. The van der Waals surface area contributed by atoms with E-state index in [1.165, 1.54) is 6.07 Å². The molecule has 0 heterocycles. The summed E-state index contributed by atoms with van der Waals surface area (Å²) in [6.07, 6.45) is 2.57. The molecule has 0 aliphatic rings. The highest BCUT2D eigenvalue weighted by atomic mass is 19.1. The molecule has 94 valence electrons. The maximum absolute atomic E-state index is 13.5. The lowest BCUT2D eigenvalue weighted by molar-refractivity contribution is 0.301. The van der Waals surface area contributed by atoms with E-state index in [9.17, 15) is 4.39 Å². The Labute approximate surface area is 101 Å². The van der Waals surface area contributed by atoms with E-state index >= 15 is 0 Å². The van der Waals surface area contributed by atoms with Gasteiger partial charge < -0.3 is 15.8 Å². The number of anilines is 2. The Bertz CT molecular complexity index is 393. The van der Waals surface area contributed by atoms with E-state index in [1.807, 2.05) is 13.8 Å². The van der Waals surface area contributed by atoms with Gasteiger partial charge in [-0.15, -0.1) is 6.58 Å². The fourth-order valence-corrected chi connectivity index (χ4v) is 1.32. The van der Waals surface area contributed by atoms with Crippen LogP contribution in [0.25, 0.3) is 0 Å². The van der Waals surface area contributed by atoms with Gasteiger partial charge in [-0.1, -0.05) is 13.0 Å². The summed E-state index contributed by atoms with van der Waals surface area (Å²) < 4.78 is 18.8. The van der Waals surface area contributed by atoms with Gasteiger partial charge in [-0.05, 0) is 13.3 Å². The fourth-order valence-electron chi connectivity index (χ4n) is 1.32. The van der Waals surface area contributed by atoms with Crippen molar-refractivity contribution in [2.45, 2.75) is 26.3 Å². The van der Waals surface area contributed by atoms with Crippen LogP contribution >= 0.6 is 0 Å². The first-order chi connectivity index (χ1) is 8.08. The molecule has 0 aromatic heterocycles. The minimum atomic E-state index is -0.437. The fraction of sp³-hybridized carbons (Fsp3) is 0.385. The Hall–Kier alpha value is -1.71. The summed E-state index contributed by atoms with van der Waals surface area (Å²) in [5, 5.41) is 3.11. The third-order valence-corrected chi connectivity index (χ3v) is 2.30. The predicted molar refractivity (Wildman–Crippen MR) is 69.9 cm³/mol. The second-order valence-electron chi connectivity index (χ2n) is 3.89. The number of hydrogen-bond donors (Lipinski definition) is 2. The zero-order valence-corrected chi connectivity index (χ0v) is 10.3. The summed E-state index contributed by atoms with van der Waals surface area (Å²) in [5.41, 5.74) is 6.75. The molecule has 0 saturated carbocycles. The van der Waals surface area contributed by atoms with E-state index in [1.54, 1.807) is 12.1 Å². The van der Waals surface area contributed by atoms with E-state index < -0.39 is 5.82 Å². The average molecular weight is 238 g/mol. The number of hydrogen-bond acceptors (Lipinski definition) is 3.